The third-order valence-corrected chi connectivity index (χ3v) is 3.73. The van der Waals surface area contributed by atoms with Gasteiger partial charge in [0, 0.05) is 16.7 Å². The van der Waals surface area contributed by atoms with Gasteiger partial charge in [0.1, 0.15) is 0 Å². The van der Waals surface area contributed by atoms with Gasteiger partial charge in [-0.1, -0.05) is 13.0 Å². The molecule has 2 rings (SSSR count). The van der Waals surface area contributed by atoms with Gasteiger partial charge in [-0.2, -0.15) is 5.10 Å². The van der Waals surface area contributed by atoms with Gasteiger partial charge in [-0.05, 0) is 47.1 Å². The van der Waals surface area contributed by atoms with Crippen molar-refractivity contribution in [2.75, 3.05) is 6.54 Å². The molecule has 1 aromatic heterocycles. The zero-order valence-electron chi connectivity index (χ0n) is 11.4. The summed E-state index contributed by atoms with van der Waals surface area (Å²) < 4.78 is 2.55. The van der Waals surface area contributed by atoms with E-state index in [-0.39, 0.29) is 6.04 Å². The fraction of sp³-hybridized carbons (Fsp3) is 0.286. The highest BCUT2D eigenvalue weighted by Gasteiger charge is 2.10. The monoisotopic (exact) mass is 336 g/mol. The summed E-state index contributed by atoms with van der Waals surface area (Å²) in [4.78, 5) is 11.1. The molecule has 0 bridgehead atoms. The van der Waals surface area contributed by atoms with Crippen LogP contribution in [0, 0.1) is 0 Å². The molecule has 6 heteroatoms. The van der Waals surface area contributed by atoms with Crippen molar-refractivity contribution < 1.29 is 4.79 Å². The van der Waals surface area contributed by atoms with Gasteiger partial charge in [-0.3, -0.25) is 4.79 Å². The number of benzene rings is 1. The molecule has 106 valence electrons. The fourth-order valence-electron chi connectivity index (χ4n) is 1.98. The Labute approximate surface area is 126 Å². The first-order valence-corrected chi connectivity index (χ1v) is 7.20. The first kappa shape index (κ1) is 14.7. The molecule has 20 heavy (non-hydrogen) atoms. The minimum Gasteiger partial charge on any atom is -0.366 e. The maximum Gasteiger partial charge on any atom is 0.251 e. The summed E-state index contributed by atoms with van der Waals surface area (Å²) >= 11 is 3.54. The Morgan fingerprint density at radius 1 is 1.55 bits per heavy atom. The highest BCUT2D eigenvalue weighted by atomic mass is 79.9. The summed E-state index contributed by atoms with van der Waals surface area (Å²) in [6.07, 6.45) is 3.08. The molecule has 0 radical (unpaired) electrons. The summed E-state index contributed by atoms with van der Waals surface area (Å²) in [5.41, 5.74) is 7.67. The van der Waals surface area contributed by atoms with Crippen LogP contribution in [0.2, 0.25) is 0 Å². The topological polar surface area (TPSA) is 72.9 Å². The number of nitrogens with one attached hydrogen (secondary N) is 1. The number of halogens is 1. The molecule has 0 aliphatic carbocycles. The predicted octanol–water partition coefficient (Wildman–Crippen LogP) is 2.40. The number of hydrogen-bond donors (Lipinski definition) is 2. The van der Waals surface area contributed by atoms with E-state index >= 15 is 0 Å². The lowest BCUT2D eigenvalue weighted by Crippen LogP contribution is -2.17. The Morgan fingerprint density at radius 3 is 2.85 bits per heavy atom. The number of carbonyl (C=O) groups excluding carboxylic acids is 1. The molecule has 1 amide bonds. The second-order valence-corrected chi connectivity index (χ2v) is 5.38. The van der Waals surface area contributed by atoms with E-state index in [1.807, 2.05) is 18.2 Å². The van der Waals surface area contributed by atoms with Crippen LogP contribution in [0.5, 0.6) is 0 Å². The summed E-state index contributed by atoms with van der Waals surface area (Å²) in [6.45, 7) is 5.11. The van der Waals surface area contributed by atoms with Gasteiger partial charge in [0.05, 0.1) is 17.4 Å². The van der Waals surface area contributed by atoms with Crippen molar-refractivity contribution in [2.24, 2.45) is 5.73 Å². The molecule has 2 aromatic rings. The van der Waals surface area contributed by atoms with Crippen molar-refractivity contribution in [3.05, 3.63) is 46.2 Å². The van der Waals surface area contributed by atoms with Crippen LogP contribution in [-0.4, -0.2) is 22.2 Å². The lowest BCUT2D eigenvalue weighted by molar-refractivity contribution is 0.100. The molecule has 0 spiro atoms. The minimum atomic E-state index is -0.482. The molecule has 0 fully saturated rings. The number of primary amides is 1. The second kappa shape index (κ2) is 6.19. The third-order valence-electron chi connectivity index (χ3n) is 3.10. The van der Waals surface area contributed by atoms with Gasteiger partial charge in [0.25, 0.3) is 5.91 Å². The SMILES string of the molecule is CCNC(C)c1ccc(-n2cc(C(N)=O)cn2)c(Br)c1. The quantitative estimate of drug-likeness (QED) is 0.880. The van der Waals surface area contributed by atoms with E-state index in [0.717, 1.165) is 16.7 Å². The van der Waals surface area contributed by atoms with E-state index in [9.17, 15) is 4.79 Å². The molecule has 0 aliphatic rings. The zero-order valence-corrected chi connectivity index (χ0v) is 13.0. The highest BCUT2D eigenvalue weighted by molar-refractivity contribution is 9.10. The van der Waals surface area contributed by atoms with Gasteiger partial charge >= 0.3 is 0 Å². The highest BCUT2D eigenvalue weighted by Crippen LogP contribution is 2.25. The van der Waals surface area contributed by atoms with Gasteiger partial charge in [-0.15, -0.1) is 0 Å². The fourth-order valence-corrected chi connectivity index (χ4v) is 2.56. The molecule has 1 heterocycles. The Balaban J connectivity index is 2.31. The van der Waals surface area contributed by atoms with E-state index < -0.39 is 5.91 Å². The van der Waals surface area contributed by atoms with Gasteiger partial charge in [0.15, 0.2) is 0 Å². The van der Waals surface area contributed by atoms with Crippen molar-refractivity contribution in [3.63, 3.8) is 0 Å². The lowest BCUT2D eigenvalue weighted by Gasteiger charge is -2.14. The molecule has 0 saturated carbocycles. The maximum absolute atomic E-state index is 11.1. The minimum absolute atomic E-state index is 0.282. The summed E-state index contributed by atoms with van der Waals surface area (Å²) in [5, 5.41) is 7.51. The van der Waals surface area contributed by atoms with Crippen LogP contribution in [0.25, 0.3) is 5.69 Å². The maximum atomic E-state index is 11.1. The lowest BCUT2D eigenvalue weighted by atomic mass is 10.1. The smallest absolute Gasteiger partial charge is 0.251 e. The molecule has 1 atom stereocenters. The third kappa shape index (κ3) is 3.08. The molecule has 0 saturated heterocycles. The largest absolute Gasteiger partial charge is 0.366 e. The molecular weight excluding hydrogens is 320 g/mol. The van der Waals surface area contributed by atoms with Gasteiger partial charge in [-0.25, -0.2) is 4.68 Å². The van der Waals surface area contributed by atoms with Crippen LogP contribution in [0.3, 0.4) is 0 Å². The second-order valence-electron chi connectivity index (χ2n) is 4.53. The van der Waals surface area contributed by atoms with Crippen molar-refractivity contribution in [2.45, 2.75) is 19.9 Å². The first-order valence-electron chi connectivity index (χ1n) is 6.40. The number of aromatic nitrogens is 2. The van der Waals surface area contributed by atoms with E-state index in [2.05, 4.69) is 40.2 Å². The molecule has 0 aliphatic heterocycles. The van der Waals surface area contributed by atoms with E-state index in [4.69, 9.17) is 5.73 Å². The standard InChI is InChI=1S/C14H17BrN4O/c1-3-17-9(2)10-4-5-13(12(15)6-10)19-8-11(7-18-19)14(16)20/h4-9,17H,3H2,1-2H3,(H2,16,20). The average Bonchev–Trinajstić information content (AvgIpc) is 2.88. The van der Waals surface area contributed by atoms with Crippen molar-refractivity contribution in [1.82, 2.24) is 15.1 Å². The van der Waals surface area contributed by atoms with Gasteiger partial charge < -0.3 is 11.1 Å². The van der Waals surface area contributed by atoms with Crippen molar-refractivity contribution in [3.8, 4) is 5.69 Å². The number of carbonyl (C=O) groups is 1. The number of hydrogen-bond acceptors (Lipinski definition) is 3. The molecule has 1 aromatic carbocycles. The van der Waals surface area contributed by atoms with Crippen LogP contribution in [0.4, 0.5) is 0 Å². The number of nitrogens with zero attached hydrogens (tertiary/aromatic N) is 2. The van der Waals surface area contributed by atoms with E-state index in [1.54, 1.807) is 10.9 Å². The van der Waals surface area contributed by atoms with Crippen molar-refractivity contribution >= 4 is 21.8 Å². The van der Waals surface area contributed by atoms with Crippen LogP contribution in [-0.2, 0) is 0 Å². The van der Waals surface area contributed by atoms with Crippen LogP contribution < -0.4 is 11.1 Å². The Hall–Kier alpha value is -1.66. The summed E-state index contributed by atoms with van der Waals surface area (Å²) in [7, 11) is 0. The Morgan fingerprint density at radius 2 is 2.30 bits per heavy atom. The van der Waals surface area contributed by atoms with Crippen LogP contribution in [0.15, 0.2) is 35.1 Å². The van der Waals surface area contributed by atoms with Gasteiger partial charge in [0.2, 0.25) is 0 Å². The zero-order chi connectivity index (χ0) is 14.7. The Kier molecular flexibility index (Phi) is 4.57. The van der Waals surface area contributed by atoms with E-state index in [1.165, 1.54) is 11.8 Å². The van der Waals surface area contributed by atoms with Crippen molar-refractivity contribution in [1.29, 1.82) is 0 Å². The number of nitrogens with two attached hydrogens (primary N) is 1. The normalized spacial score (nSPS) is 12.3. The summed E-state index contributed by atoms with van der Waals surface area (Å²) in [6, 6.07) is 6.34. The molecule has 3 N–H and O–H groups in total. The molecular formula is C14H17BrN4O. The first-order chi connectivity index (χ1) is 9.52. The average molecular weight is 337 g/mol. The molecule has 1 unspecified atom stereocenters. The van der Waals surface area contributed by atoms with E-state index in [0.29, 0.717) is 5.56 Å². The van der Waals surface area contributed by atoms with Crippen LogP contribution >= 0.6 is 15.9 Å². The Bertz CT molecular complexity index is 623. The summed E-state index contributed by atoms with van der Waals surface area (Å²) in [5.74, 6) is -0.482. The number of rotatable bonds is 5. The number of amides is 1. The molecule has 5 nitrogen and oxygen atoms in total. The predicted molar refractivity (Wildman–Crippen MR) is 81.9 cm³/mol. The van der Waals surface area contributed by atoms with Crippen LogP contribution in [0.1, 0.15) is 35.8 Å².